The van der Waals surface area contributed by atoms with Crippen LogP contribution in [0.4, 0.5) is 0 Å². The van der Waals surface area contributed by atoms with Crippen molar-refractivity contribution in [3.63, 3.8) is 0 Å². The van der Waals surface area contributed by atoms with Crippen LogP contribution in [0.25, 0.3) is 10.6 Å². The van der Waals surface area contributed by atoms with Crippen LogP contribution in [0.2, 0.25) is 0 Å². The highest BCUT2D eigenvalue weighted by Gasteiger charge is 2.34. The van der Waals surface area contributed by atoms with Crippen LogP contribution in [0.3, 0.4) is 0 Å². The molecule has 1 amide bonds. The number of nitrogens with zero attached hydrogens (tertiary/aromatic N) is 3. The third-order valence-electron chi connectivity index (χ3n) is 3.80. The Kier molecular flexibility index (Phi) is 3.96. The lowest BCUT2D eigenvalue weighted by Crippen LogP contribution is -2.56. The van der Waals surface area contributed by atoms with E-state index in [1.807, 2.05) is 53.9 Å². The van der Waals surface area contributed by atoms with Crippen LogP contribution in [0.1, 0.15) is 10.5 Å². The number of hydrogen-bond donors (Lipinski definition) is 0. The summed E-state index contributed by atoms with van der Waals surface area (Å²) in [5, 5.41) is 2.68. The zero-order valence-corrected chi connectivity index (χ0v) is 13.6. The van der Waals surface area contributed by atoms with Crippen molar-refractivity contribution in [2.75, 3.05) is 13.1 Å². The van der Waals surface area contributed by atoms with Gasteiger partial charge >= 0.3 is 0 Å². The van der Waals surface area contributed by atoms with E-state index in [-0.39, 0.29) is 12.0 Å². The summed E-state index contributed by atoms with van der Waals surface area (Å²) < 4.78 is 5.72. The van der Waals surface area contributed by atoms with Gasteiger partial charge in [0.05, 0.1) is 13.1 Å². The number of ether oxygens (including phenoxy) is 1. The molecule has 0 N–H and O–H groups in total. The van der Waals surface area contributed by atoms with E-state index in [1.54, 1.807) is 11.1 Å². The van der Waals surface area contributed by atoms with Crippen LogP contribution in [-0.4, -0.2) is 40.0 Å². The lowest BCUT2D eigenvalue weighted by Gasteiger charge is -2.38. The predicted molar refractivity (Wildman–Crippen MR) is 92.1 cm³/mol. The second kappa shape index (κ2) is 6.41. The van der Waals surface area contributed by atoms with Gasteiger partial charge in [-0.05, 0) is 6.07 Å². The number of aromatic nitrogens is 2. The minimum atomic E-state index is -0.0469. The highest BCUT2D eigenvalue weighted by molar-refractivity contribution is 7.13. The fourth-order valence-electron chi connectivity index (χ4n) is 2.51. The summed E-state index contributed by atoms with van der Waals surface area (Å²) >= 11 is 1.49. The van der Waals surface area contributed by atoms with Crippen molar-refractivity contribution in [3.05, 3.63) is 65.8 Å². The summed E-state index contributed by atoms with van der Waals surface area (Å²) in [5.74, 6) is 0.545. The summed E-state index contributed by atoms with van der Waals surface area (Å²) in [6, 6.07) is 15.4. The maximum atomic E-state index is 12.5. The standard InChI is InChI=1S/C18H15N3O2S/c22-18(15-12-24-17(20-15)13-6-2-1-3-7-13)21-10-14(11-21)23-16-8-4-5-9-19-16/h1-9,12,14H,10-11H2. The Balaban J connectivity index is 1.37. The van der Waals surface area contributed by atoms with E-state index in [1.165, 1.54) is 11.3 Å². The number of thiazole rings is 1. The number of carbonyl (C=O) groups is 1. The summed E-state index contributed by atoms with van der Waals surface area (Å²) in [4.78, 5) is 22.8. The third kappa shape index (κ3) is 3.00. The second-order valence-electron chi connectivity index (χ2n) is 5.52. The van der Waals surface area contributed by atoms with E-state index < -0.39 is 0 Å². The lowest BCUT2D eigenvalue weighted by atomic mass is 10.1. The number of hydrogen-bond acceptors (Lipinski definition) is 5. The lowest BCUT2D eigenvalue weighted by molar-refractivity contribution is 0.0156. The average Bonchev–Trinajstić information content (AvgIpc) is 3.09. The van der Waals surface area contributed by atoms with Gasteiger partial charge in [-0.25, -0.2) is 9.97 Å². The number of likely N-dealkylation sites (tertiary alicyclic amines) is 1. The van der Waals surface area contributed by atoms with Crippen LogP contribution >= 0.6 is 11.3 Å². The average molecular weight is 337 g/mol. The van der Waals surface area contributed by atoms with Gasteiger partial charge in [-0.2, -0.15) is 0 Å². The Morgan fingerprint density at radius 2 is 1.92 bits per heavy atom. The maximum absolute atomic E-state index is 12.5. The highest BCUT2D eigenvalue weighted by atomic mass is 32.1. The number of amides is 1. The molecule has 1 saturated heterocycles. The van der Waals surface area contributed by atoms with Gasteiger partial charge in [-0.3, -0.25) is 4.79 Å². The van der Waals surface area contributed by atoms with E-state index in [2.05, 4.69) is 9.97 Å². The van der Waals surface area contributed by atoms with Crippen LogP contribution in [-0.2, 0) is 0 Å². The molecule has 3 heterocycles. The Labute approximate surface area is 143 Å². The first-order valence-electron chi connectivity index (χ1n) is 7.67. The first kappa shape index (κ1) is 14.8. The van der Waals surface area contributed by atoms with Gasteiger partial charge in [-0.1, -0.05) is 36.4 Å². The second-order valence-corrected chi connectivity index (χ2v) is 6.38. The van der Waals surface area contributed by atoms with Crippen molar-refractivity contribution in [2.24, 2.45) is 0 Å². The monoisotopic (exact) mass is 337 g/mol. The SMILES string of the molecule is O=C(c1csc(-c2ccccc2)n1)N1CC(Oc2ccccn2)C1. The van der Waals surface area contributed by atoms with Crippen LogP contribution in [0, 0.1) is 0 Å². The quantitative estimate of drug-likeness (QED) is 0.734. The van der Waals surface area contributed by atoms with Gasteiger partial charge in [0.15, 0.2) is 0 Å². The number of pyridine rings is 1. The minimum Gasteiger partial charge on any atom is -0.471 e. The molecule has 1 aromatic carbocycles. The van der Waals surface area contributed by atoms with Crippen LogP contribution in [0.15, 0.2) is 60.1 Å². The number of benzene rings is 1. The molecule has 4 rings (SSSR count). The van der Waals surface area contributed by atoms with E-state index in [9.17, 15) is 4.79 Å². The molecular formula is C18H15N3O2S. The largest absolute Gasteiger partial charge is 0.471 e. The van der Waals surface area contributed by atoms with E-state index in [4.69, 9.17) is 4.74 Å². The van der Waals surface area contributed by atoms with Crippen molar-refractivity contribution < 1.29 is 9.53 Å². The molecule has 0 aliphatic carbocycles. The molecule has 0 bridgehead atoms. The van der Waals surface area contributed by atoms with Gasteiger partial charge in [0.25, 0.3) is 5.91 Å². The van der Waals surface area contributed by atoms with Gasteiger partial charge in [0, 0.05) is 23.2 Å². The molecular weight excluding hydrogens is 322 g/mol. The molecule has 3 aromatic rings. The highest BCUT2D eigenvalue weighted by Crippen LogP contribution is 2.25. The third-order valence-corrected chi connectivity index (χ3v) is 4.70. The van der Waals surface area contributed by atoms with Crippen LogP contribution in [0.5, 0.6) is 5.88 Å². The van der Waals surface area contributed by atoms with Gasteiger partial charge in [0.1, 0.15) is 16.8 Å². The Hall–Kier alpha value is -2.73. The fraction of sp³-hybridized carbons (Fsp3) is 0.167. The van der Waals surface area contributed by atoms with E-state index >= 15 is 0 Å². The maximum Gasteiger partial charge on any atom is 0.273 e. The molecule has 1 aliphatic heterocycles. The number of carbonyl (C=O) groups excluding carboxylic acids is 1. The molecule has 1 fully saturated rings. The number of rotatable bonds is 4. The normalized spacial score (nSPS) is 14.2. The molecule has 0 atom stereocenters. The molecule has 2 aromatic heterocycles. The van der Waals surface area contributed by atoms with Crippen molar-refractivity contribution in [2.45, 2.75) is 6.10 Å². The van der Waals surface area contributed by atoms with Crippen molar-refractivity contribution in [1.29, 1.82) is 0 Å². The smallest absolute Gasteiger partial charge is 0.273 e. The first-order chi connectivity index (χ1) is 11.8. The fourth-order valence-corrected chi connectivity index (χ4v) is 3.31. The summed E-state index contributed by atoms with van der Waals surface area (Å²) in [6.45, 7) is 1.13. The molecule has 0 radical (unpaired) electrons. The van der Waals surface area contributed by atoms with Gasteiger partial charge in [0.2, 0.25) is 5.88 Å². The molecule has 120 valence electrons. The zero-order valence-electron chi connectivity index (χ0n) is 12.8. The predicted octanol–water partition coefficient (Wildman–Crippen LogP) is 3.11. The van der Waals surface area contributed by atoms with E-state index in [0.29, 0.717) is 24.7 Å². The van der Waals surface area contributed by atoms with Crippen molar-refractivity contribution in [3.8, 4) is 16.5 Å². The minimum absolute atomic E-state index is 0.00363. The molecule has 5 nitrogen and oxygen atoms in total. The summed E-state index contributed by atoms with van der Waals surface area (Å²) in [5.41, 5.74) is 1.52. The van der Waals surface area contributed by atoms with Crippen LogP contribution < -0.4 is 4.74 Å². The Morgan fingerprint density at radius 1 is 1.12 bits per heavy atom. The van der Waals surface area contributed by atoms with E-state index in [0.717, 1.165) is 10.6 Å². The molecule has 0 unspecified atom stereocenters. The molecule has 6 heteroatoms. The Morgan fingerprint density at radius 3 is 2.67 bits per heavy atom. The van der Waals surface area contributed by atoms with Crippen molar-refractivity contribution in [1.82, 2.24) is 14.9 Å². The zero-order chi connectivity index (χ0) is 16.4. The molecule has 0 spiro atoms. The van der Waals surface area contributed by atoms with Gasteiger partial charge < -0.3 is 9.64 Å². The summed E-state index contributed by atoms with van der Waals surface area (Å²) in [7, 11) is 0. The molecule has 24 heavy (non-hydrogen) atoms. The Bertz CT molecular complexity index is 830. The first-order valence-corrected chi connectivity index (χ1v) is 8.55. The van der Waals surface area contributed by atoms with Crippen molar-refractivity contribution >= 4 is 17.2 Å². The summed E-state index contributed by atoms with van der Waals surface area (Å²) in [6.07, 6.45) is 1.69. The molecule has 0 saturated carbocycles. The molecule has 1 aliphatic rings. The topological polar surface area (TPSA) is 55.3 Å². The van der Waals surface area contributed by atoms with Gasteiger partial charge in [-0.15, -0.1) is 11.3 Å².